The van der Waals surface area contributed by atoms with E-state index in [9.17, 15) is 14.4 Å². The van der Waals surface area contributed by atoms with Crippen LogP contribution in [0.1, 0.15) is 18.4 Å². The van der Waals surface area contributed by atoms with Gasteiger partial charge in [-0.25, -0.2) is 4.79 Å². The summed E-state index contributed by atoms with van der Waals surface area (Å²) in [7, 11) is 1.64. The summed E-state index contributed by atoms with van der Waals surface area (Å²) in [4.78, 5) is 36.2. The lowest BCUT2D eigenvalue weighted by molar-refractivity contribution is -0.132. The normalized spacial score (nSPS) is 19.3. The smallest absolute Gasteiger partial charge is 0.322 e. The van der Waals surface area contributed by atoms with E-state index in [0.717, 1.165) is 5.56 Å². The van der Waals surface area contributed by atoms with Gasteiger partial charge in [0.1, 0.15) is 6.04 Å². The summed E-state index contributed by atoms with van der Waals surface area (Å²) in [5, 5.41) is 4.62. The van der Waals surface area contributed by atoms with Gasteiger partial charge in [-0.05, 0) is 12.5 Å². The maximum atomic E-state index is 12.2. The minimum Gasteiger partial charge on any atom is -0.472 e. The largest absolute Gasteiger partial charge is 0.472 e. The van der Waals surface area contributed by atoms with Gasteiger partial charge in [-0.1, -0.05) is 0 Å². The van der Waals surface area contributed by atoms with Gasteiger partial charge in [0.25, 0.3) is 0 Å². The molecule has 4 amide bonds. The van der Waals surface area contributed by atoms with Crippen LogP contribution in [0.15, 0.2) is 23.0 Å². The minimum absolute atomic E-state index is 0.148. The molecule has 1 aliphatic rings. The van der Waals surface area contributed by atoms with Gasteiger partial charge in [-0.15, -0.1) is 0 Å². The fourth-order valence-corrected chi connectivity index (χ4v) is 1.92. The Morgan fingerprint density at radius 2 is 2.32 bits per heavy atom. The van der Waals surface area contributed by atoms with Gasteiger partial charge in [0.2, 0.25) is 11.8 Å². The second-order valence-corrected chi connectivity index (χ2v) is 4.44. The molecule has 19 heavy (non-hydrogen) atoms. The van der Waals surface area contributed by atoms with E-state index in [2.05, 4.69) is 10.6 Å². The van der Waals surface area contributed by atoms with Crippen LogP contribution in [-0.4, -0.2) is 35.8 Å². The third kappa shape index (κ3) is 3.34. The number of carbonyl (C=O) groups excluding carboxylic acids is 3. The number of furan rings is 1. The summed E-state index contributed by atoms with van der Waals surface area (Å²) in [6, 6.07) is 0.460. The number of carbonyl (C=O) groups is 3. The molecule has 0 aliphatic carbocycles. The fourth-order valence-electron chi connectivity index (χ4n) is 1.92. The summed E-state index contributed by atoms with van der Waals surface area (Å²) < 4.78 is 4.93. The summed E-state index contributed by atoms with van der Waals surface area (Å²) in [5.74, 6) is -0.601. The van der Waals surface area contributed by atoms with Crippen molar-refractivity contribution in [2.75, 3.05) is 7.05 Å². The number of rotatable bonds is 3. The molecule has 0 bridgehead atoms. The molecule has 7 nitrogen and oxygen atoms in total. The predicted molar refractivity (Wildman–Crippen MR) is 64.9 cm³/mol. The van der Waals surface area contributed by atoms with Crippen molar-refractivity contribution in [3.8, 4) is 0 Å². The average molecular weight is 265 g/mol. The summed E-state index contributed by atoms with van der Waals surface area (Å²) >= 11 is 0. The highest BCUT2D eigenvalue weighted by Crippen LogP contribution is 2.09. The third-order valence-electron chi connectivity index (χ3n) is 2.89. The number of hydrogen-bond donors (Lipinski definition) is 2. The molecule has 0 aromatic carbocycles. The number of hydrogen-bond acceptors (Lipinski definition) is 4. The predicted octanol–water partition coefficient (Wildman–Crippen LogP) is 0.226. The first kappa shape index (κ1) is 13.1. The van der Waals surface area contributed by atoms with Gasteiger partial charge in [0.15, 0.2) is 0 Å². The molecule has 1 saturated heterocycles. The summed E-state index contributed by atoms with van der Waals surface area (Å²) in [6.45, 7) is 0.392. The van der Waals surface area contributed by atoms with Crippen molar-refractivity contribution in [1.82, 2.24) is 15.5 Å². The molecule has 2 rings (SSSR count). The maximum absolute atomic E-state index is 12.2. The summed E-state index contributed by atoms with van der Waals surface area (Å²) in [5.41, 5.74) is 0.866. The van der Waals surface area contributed by atoms with E-state index in [4.69, 9.17) is 4.42 Å². The molecule has 1 fully saturated rings. The molecule has 0 saturated carbocycles. The monoisotopic (exact) mass is 265 g/mol. The highest BCUT2D eigenvalue weighted by atomic mass is 16.3. The molecule has 1 aromatic heterocycles. The highest BCUT2D eigenvalue weighted by molar-refractivity contribution is 5.98. The van der Waals surface area contributed by atoms with E-state index in [1.807, 2.05) is 0 Å². The number of nitrogens with one attached hydrogen (secondary N) is 2. The van der Waals surface area contributed by atoms with Crippen molar-refractivity contribution >= 4 is 17.8 Å². The Bertz CT molecular complexity index is 483. The van der Waals surface area contributed by atoms with E-state index in [0.29, 0.717) is 13.0 Å². The summed E-state index contributed by atoms with van der Waals surface area (Å²) in [6.07, 6.45) is 3.53. The molecule has 1 atom stereocenters. The van der Waals surface area contributed by atoms with Crippen molar-refractivity contribution in [1.29, 1.82) is 0 Å². The fraction of sp³-hybridized carbons (Fsp3) is 0.417. The van der Waals surface area contributed by atoms with Crippen LogP contribution in [0.25, 0.3) is 0 Å². The molecule has 7 heteroatoms. The van der Waals surface area contributed by atoms with Crippen molar-refractivity contribution in [3.05, 3.63) is 24.2 Å². The van der Waals surface area contributed by atoms with E-state index >= 15 is 0 Å². The zero-order chi connectivity index (χ0) is 13.8. The molecule has 1 unspecified atom stereocenters. The van der Waals surface area contributed by atoms with Crippen molar-refractivity contribution in [3.63, 3.8) is 0 Å². The van der Waals surface area contributed by atoms with Crippen LogP contribution in [0.4, 0.5) is 4.79 Å². The molecule has 1 aliphatic heterocycles. The zero-order valence-corrected chi connectivity index (χ0v) is 10.5. The van der Waals surface area contributed by atoms with E-state index in [1.54, 1.807) is 19.4 Å². The van der Waals surface area contributed by atoms with Gasteiger partial charge < -0.3 is 14.6 Å². The van der Waals surface area contributed by atoms with Crippen LogP contribution in [0.5, 0.6) is 0 Å². The second-order valence-electron chi connectivity index (χ2n) is 4.44. The topological polar surface area (TPSA) is 91.7 Å². The zero-order valence-electron chi connectivity index (χ0n) is 10.5. The van der Waals surface area contributed by atoms with Crippen molar-refractivity contribution in [2.45, 2.75) is 25.4 Å². The molecule has 102 valence electrons. The van der Waals surface area contributed by atoms with Crippen molar-refractivity contribution in [2.24, 2.45) is 0 Å². The van der Waals surface area contributed by atoms with Gasteiger partial charge in [-0.2, -0.15) is 0 Å². The molecule has 0 spiro atoms. The van der Waals surface area contributed by atoms with Crippen LogP contribution < -0.4 is 10.6 Å². The third-order valence-corrected chi connectivity index (χ3v) is 2.89. The van der Waals surface area contributed by atoms with Gasteiger partial charge in [0, 0.05) is 25.6 Å². The first-order chi connectivity index (χ1) is 9.06. The Kier molecular flexibility index (Phi) is 3.84. The van der Waals surface area contributed by atoms with Gasteiger partial charge >= 0.3 is 6.03 Å². The Labute approximate surface area is 109 Å². The highest BCUT2D eigenvalue weighted by Gasteiger charge is 2.28. The Hall–Kier alpha value is -2.31. The van der Waals surface area contributed by atoms with Crippen LogP contribution in [0.2, 0.25) is 0 Å². The van der Waals surface area contributed by atoms with Crippen LogP contribution in [-0.2, 0) is 16.1 Å². The van der Waals surface area contributed by atoms with Gasteiger partial charge in [-0.3, -0.25) is 14.9 Å². The molecule has 1 aromatic rings. The van der Waals surface area contributed by atoms with Crippen LogP contribution >= 0.6 is 0 Å². The minimum atomic E-state index is -0.677. The number of amides is 4. The van der Waals surface area contributed by atoms with Crippen LogP contribution in [0.3, 0.4) is 0 Å². The lowest BCUT2D eigenvalue weighted by Gasteiger charge is -2.22. The standard InChI is InChI=1S/C12H15N3O4/c1-15(6-8-4-5-19-7-8)11(17)9-2-3-10(16)14-12(18)13-9/h4-5,7,9H,2-3,6H2,1H3,(H2,13,14,16,18). The molecular weight excluding hydrogens is 250 g/mol. The average Bonchev–Trinajstić information content (AvgIpc) is 2.79. The number of urea groups is 1. The Balaban J connectivity index is 1.98. The second kappa shape index (κ2) is 5.55. The Morgan fingerprint density at radius 1 is 1.53 bits per heavy atom. The van der Waals surface area contributed by atoms with E-state index in [-0.39, 0.29) is 18.2 Å². The van der Waals surface area contributed by atoms with Crippen LogP contribution in [0, 0.1) is 0 Å². The quantitative estimate of drug-likeness (QED) is 0.818. The lowest BCUT2D eigenvalue weighted by Crippen LogP contribution is -2.48. The van der Waals surface area contributed by atoms with E-state index < -0.39 is 12.1 Å². The maximum Gasteiger partial charge on any atom is 0.322 e. The van der Waals surface area contributed by atoms with Crippen molar-refractivity contribution < 1.29 is 18.8 Å². The number of nitrogens with zero attached hydrogens (tertiary/aromatic N) is 1. The SMILES string of the molecule is CN(Cc1ccoc1)C(=O)C1CCC(=O)NC(=O)N1. The van der Waals surface area contributed by atoms with E-state index in [1.165, 1.54) is 11.2 Å². The first-order valence-electron chi connectivity index (χ1n) is 5.92. The Morgan fingerprint density at radius 3 is 3.00 bits per heavy atom. The molecule has 2 N–H and O–H groups in total. The lowest BCUT2D eigenvalue weighted by atomic mass is 10.1. The molecule has 2 heterocycles. The first-order valence-corrected chi connectivity index (χ1v) is 5.92. The molecule has 0 radical (unpaired) electrons. The number of imide groups is 1. The molecular formula is C12H15N3O4. The van der Waals surface area contributed by atoms with Gasteiger partial charge in [0.05, 0.1) is 12.5 Å². The number of likely N-dealkylation sites (N-methyl/N-ethyl adjacent to an activating group) is 1.